The molecular formula is C10H18BrNO3. The molecule has 1 aliphatic rings. The summed E-state index contributed by atoms with van der Waals surface area (Å²) in [5.41, 5.74) is 0. The quantitative estimate of drug-likeness (QED) is 0.582. The van der Waals surface area contributed by atoms with Crippen molar-refractivity contribution in [3.05, 3.63) is 0 Å². The minimum Gasteiger partial charge on any atom is -0.379 e. The lowest BCUT2D eigenvalue weighted by atomic mass is 10.1. The number of nitrogens with one attached hydrogen (secondary N) is 1. The number of amides is 1. The minimum atomic E-state index is 0.0242. The van der Waals surface area contributed by atoms with Crippen LogP contribution in [-0.2, 0) is 14.3 Å². The van der Waals surface area contributed by atoms with Gasteiger partial charge in [0.25, 0.3) is 0 Å². The smallest absolute Gasteiger partial charge is 0.225 e. The van der Waals surface area contributed by atoms with Gasteiger partial charge in [0.2, 0.25) is 5.91 Å². The molecule has 1 aliphatic heterocycles. The van der Waals surface area contributed by atoms with Crippen LogP contribution in [0.2, 0.25) is 0 Å². The predicted molar refractivity (Wildman–Crippen MR) is 61.1 cm³/mol. The van der Waals surface area contributed by atoms with Crippen molar-refractivity contribution in [3.8, 4) is 0 Å². The second-order valence-electron chi connectivity index (χ2n) is 3.67. The first-order valence-corrected chi connectivity index (χ1v) is 6.39. The second-order valence-corrected chi connectivity index (χ2v) is 4.46. The Kier molecular flexibility index (Phi) is 6.20. The molecule has 2 atom stereocenters. The van der Waals surface area contributed by atoms with Crippen LogP contribution in [-0.4, -0.2) is 43.7 Å². The van der Waals surface area contributed by atoms with Gasteiger partial charge in [-0.05, 0) is 13.3 Å². The van der Waals surface area contributed by atoms with Crippen molar-refractivity contribution in [2.24, 2.45) is 5.92 Å². The number of ether oxygens (including phenoxy) is 2. The lowest BCUT2D eigenvalue weighted by Crippen LogP contribution is -2.33. The lowest BCUT2D eigenvalue weighted by molar-refractivity contribution is -0.125. The Morgan fingerprint density at radius 2 is 2.40 bits per heavy atom. The Hall–Kier alpha value is -0.130. The van der Waals surface area contributed by atoms with Crippen molar-refractivity contribution in [3.63, 3.8) is 0 Å². The van der Waals surface area contributed by atoms with Gasteiger partial charge in [-0.15, -0.1) is 0 Å². The molecule has 0 aromatic heterocycles. The zero-order chi connectivity index (χ0) is 11.1. The van der Waals surface area contributed by atoms with Gasteiger partial charge in [0.05, 0.1) is 31.8 Å². The van der Waals surface area contributed by atoms with Gasteiger partial charge in [-0.3, -0.25) is 4.79 Å². The highest BCUT2D eigenvalue weighted by Crippen LogP contribution is 2.18. The van der Waals surface area contributed by atoms with Gasteiger partial charge in [-0.25, -0.2) is 0 Å². The van der Waals surface area contributed by atoms with E-state index in [1.54, 1.807) is 0 Å². The zero-order valence-corrected chi connectivity index (χ0v) is 10.6. The van der Waals surface area contributed by atoms with Crippen molar-refractivity contribution >= 4 is 21.8 Å². The summed E-state index contributed by atoms with van der Waals surface area (Å²) in [5.74, 6) is 0.109. The molecule has 0 bridgehead atoms. The van der Waals surface area contributed by atoms with E-state index in [9.17, 15) is 4.79 Å². The molecule has 1 saturated heterocycles. The summed E-state index contributed by atoms with van der Waals surface area (Å²) < 4.78 is 10.6. The van der Waals surface area contributed by atoms with E-state index >= 15 is 0 Å². The summed E-state index contributed by atoms with van der Waals surface area (Å²) >= 11 is 3.26. The summed E-state index contributed by atoms with van der Waals surface area (Å²) in [6, 6.07) is 0. The second kappa shape index (κ2) is 7.19. The van der Waals surface area contributed by atoms with Gasteiger partial charge in [0.1, 0.15) is 0 Å². The van der Waals surface area contributed by atoms with Gasteiger partial charge >= 0.3 is 0 Å². The molecule has 4 nitrogen and oxygen atoms in total. The maximum Gasteiger partial charge on any atom is 0.225 e. The molecule has 15 heavy (non-hydrogen) atoms. The molecule has 0 aliphatic carbocycles. The molecule has 2 unspecified atom stereocenters. The molecule has 1 fully saturated rings. The first kappa shape index (κ1) is 12.9. The molecular weight excluding hydrogens is 262 g/mol. The zero-order valence-electron chi connectivity index (χ0n) is 9.00. The fourth-order valence-electron chi connectivity index (χ4n) is 1.55. The van der Waals surface area contributed by atoms with Gasteiger partial charge < -0.3 is 14.8 Å². The fraction of sp³-hybridized carbons (Fsp3) is 0.900. The van der Waals surface area contributed by atoms with Crippen LogP contribution in [0, 0.1) is 5.92 Å². The monoisotopic (exact) mass is 279 g/mol. The van der Waals surface area contributed by atoms with Crippen LogP contribution in [0.1, 0.15) is 13.3 Å². The van der Waals surface area contributed by atoms with Gasteiger partial charge in [0.15, 0.2) is 0 Å². The van der Waals surface area contributed by atoms with E-state index in [1.165, 1.54) is 0 Å². The number of hydrogen-bond acceptors (Lipinski definition) is 3. The van der Waals surface area contributed by atoms with Crippen LogP contribution in [0.15, 0.2) is 0 Å². The average molecular weight is 280 g/mol. The molecule has 0 aromatic carbocycles. The third kappa shape index (κ3) is 4.95. The molecule has 0 radical (unpaired) electrons. The molecule has 1 N–H and O–H groups in total. The molecule has 1 heterocycles. The molecule has 0 saturated carbocycles. The Labute approximate surface area is 98.8 Å². The Morgan fingerprint density at radius 3 is 3.00 bits per heavy atom. The molecule has 1 rings (SSSR count). The van der Waals surface area contributed by atoms with Gasteiger partial charge in [-0.2, -0.15) is 0 Å². The largest absolute Gasteiger partial charge is 0.379 e. The normalized spacial score (nSPS) is 25.5. The Bertz CT molecular complexity index is 201. The van der Waals surface area contributed by atoms with E-state index < -0.39 is 0 Å². The minimum absolute atomic E-state index is 0.0242. The molecule has 0 aromatic rings. The van der Waals surface area contributed by atoms with Crippen LogP contribution in [0.25, 0.3) is 0 Å². The van der Waals surface area contributed by atoms with Crippen LogP contribution in [0.4, 0.5) is 0 Å². The van der Waals surface area contributed by atoms with Crippen molar-refractivity contribution in [1.82, 2.24) is 5.32 Å². The van der Waals surface area contributed by atoms with Crippen molar-refractivity contribution in [2.75, 3.05) is 31.7 Å². The first-order valence-electron chi connectivity index (χ1n) is 5.27. The van der Waals surface area contributed by atoms with E-state index in [4.69, 9.17) is 9.47 Å². The van der Waals surface area contributed by atoms with Crippen LogP contribution in [0.3, 0.4) is 0 Å². The van der Waals surface area contributed by atoms with E-state index in [2.05, 4.69) is 21.2 Å². The summed E-state index contributed by atoms with van der Waals surface area (Å²) in [7, 11) is 0. The first-order chi connectivity index (χ1) is 7.24. The highest BCUT2D eigenvalue weighted by atomic mass is 79.9. The summed E-state index contributed by atoms with van der Waals surface area (Å²) in [6.07, 6.45) is 1.04. The Balaban J connectivity index is 2.03. The third-order valence-corrected chi connectivity index (χ3v) is 2.66. The number of hydrogen-bond donors (Lipinski definition) is 1. The lowest BCUT2D eigenvalue weighted by Gasteiger charge is -2.09. The van der Waals surface area contributed by atoms with Crippen molar-refractivity contribution in [1.29, 1.82) is 0 Å². The summed E-state index contributed by atoms with van der Waals surface area (Å²) in [6.45, 7) is 4.37. The SMILES string of the molecule is CC1CC(C(=O)NCCOCCBr)CO1. The number of carbonyl (C=O) groups is 1. The number of alkyl halides is 1. The number of halogens is 1. The standard InChI is InChI=1S/C10H18BrNO3/c1-8-6-9(7-15-8)10(13)12-3-5-14-4-2-11/h8-9H,2-7H2,1H3,(H,12,13). The van der Waals surface area contributed by atoms with Gasteiger partial charge in [-0.1, -0.05) is 15.9 Å². The Morgan fingerprint density at radius 1 is 1.60 bits per heavy atom. The van der Waals surface area contributed by atoms with Crippen LogP contribution < -0.4 is 5.32 Å². The third-order valence-electron chi connectivity index (χ3n) is 2.34. The van der Waals surface area contributed by atoms with Gasteiger partial charge in [0, 0.05) is 11.9 Å². The van der Waals surface area contributed by atoms with Crippen molar-refractivity contribution in [2.45, 2.75) is 19.4 Å². The van der Waals surface area contributed by atoms with Crippen LogP contribution >= 0.6 is 15.9 Å². The maximum absolute atomic E-state index is 11.6. The van der Waals surface area contributed by atoms with Crippen molar-refractivity contribution < 1.29 is 14.3 Å². The average Bonchev–Trinajstić information content (AvgIpc) is 2.64. The molecule has 88 valence electrons. The number of carbonyl (C=O) groups excluding carboxylic acids is 1. The highest BCUT2D eigenvalue weighted by Gasteiger charge is 2.27. The summed E-state index contributed by atoms with van der Waals surface area (Å²) in [4.78, 5) is 11.6. The highest BCUT2D eigenvalue weighted by molar-refractivity contribution is 9.09. The van der Waals surface area contributed by atoms with Crippen LogP contribution in [0.5, 0.6) is 0 Å². The fourth-order valence-corrected chi connectivity index (χ4v) is 1.78. The maximum atomic E-state index is 11.6. The topological polar surface area (TPSA) is 47.6 Å². The van der Waals surface area contributed by atoms with E-state index in [-0.39, 0.29) is 17.9 Å². The molecule has 0 spiro atoms. The summed E-state index contributed by atoms with van der Waals surface area (Å²) in [5, 5.41) is 3.67. The molecule has 1 amide bonds. The van der Waals surface area contributed by atoms with E-state index in [1.807, 2.05) is 6.92 Å². The number of rotatable bonds is 6. The molecule has 5 heteroatoms. The van der Waals surface area contributed by atoms with E-state index in [0.29, 0.717) is 26.4 Å². The predicted octanol–water partition coefficient (Wildman–Crippen LogP) is 0.939. The van der Waals surface area contributed by atoms with E-state index in [0.717, 1.165) is 11.8 Å².